The molecule has 0 aliphatic rings. The Hall–Kier alpha value is -2.69. The summed E-state index contributed by atoms with van der Waals surface area (Å²) in [6.07, 6.45) is 4.04. The minimum Gasteiger partial charge on any atom is -0.462 e. The number of pyridine rings is 1. The lowest BCUT2D eigenvalue weighted by atomic mass is 10.1. The number of aromatic nitrogens is 3. The van der Waals surface area contributed by atoms with Crippen molar-refractivity contribution in [3.63, 3.8) is 0 Å². The van der Waals surface area contributed by atoms with Crippen LogP contribution in [0, 0.1) is 0 Å². The van der Waals surface area contributed by atoms with Crippen molar-refractivity contribution in [2.45, 2.75) is 20.3 Å². The van der Waals surface area contributed by atoms with Crippen LogP contribution in [0.5, 0.6) is 0 Å². The zero-order valence-corrected chi connectivity index (χ0v) is 12.6. The average molecular weight is 295 g/mol. The lowest BCUT2D eigenvalue weighted by Gasteiger charge is -2.08. The van der Waals surface area contributed by atoms with Gasteiger partial charge in [-0.1, -0.05) is 13.0 Å². The second kappa shape index (κ2) is 5.97. The third-order valence-corrected chi connectivity index (χ3v) is 3.53. The number of carbonyl (C=O) groups excluding carboxylic acids is 1. The molecule has 0 radical (unpaired) electrons. The van der Waals surface area contributed by atoms with Gasteiger partial charge < -0.3 is 4.74 Å². The first-order chi connectivity index (χ1) is 10.7. The molecule has 0 saturated heterocycles. The molecule has 0 atom stereocenters. The summed E-state index contributed by atoms with van der Waals surface area (Å²) in [6.45, 7) is 4.15. The fraction of sp³-hybridized carbons (Fsp3) is 0.235. The molecule has 0 amide bonds. The molecule has 22 heavy (non-hydrogen) atoms. The van der Waals surface area contributed by atoms with Crippen LogP contribution in [0.15, 0.2) is 42.7 Å². The Morgan fingerprint density at radius 2 is 2.14 bits per heavy atom. The highest BCUT2D eigenvalue weighted by atomic mass is 16.5. The van der Waals surface area contributed by atoms with Crippen molar-refractivity contribution in [3.05, 3.63) is 54.0 Å². The molecule has 112 valence electrons. The lowest BCUT2D eigenvalue weighted by molar-refractivity contribution is 0.0525. The van der Waals surface area contributed by atoms with E-state index in [-0.39, 0.29) is 5.97 Å². The number of benzene rings is 1. The van der Waals surface area contributed by atoms with Crippen LogP contribution >= 0.6 is 0 Å². The Labute approximate surface area is 128 Å². The van der Waals surface area contributed by atoms with Crippen LogP contribution in [-0.4, -0.2) is 27.3 Å². The number of ether oxygens (including phenoxy) is 1. The quantitative estimate of drug-likeness (QED) is 0.694. The lowest BCUT2D eigenvalue weighted by Crippen LogP contribution is -2.09. The van der Waals surface area contributed by atoms with Gasteiger partial charge in [-0.2, -0.15) is 5.10 Å². The molecule has 0 spiro atoms. The normalized spacial score (nSPS) is 10.8. The number of fused-ring (bicyclic) bond motifs is 1. The summed E-state index contributed by atoms with van der Waals surface area (Å²) in [6, 6.07) is 9.84. The van der Waals surface area contributed by atoms with E-state index in [0.29, 0.717) is 18.6 Å². The van der Waals surface area contributed by atoms with Gasteiger partial charge >= 0.3 is 5.97 Å². The SMILES string of the molecule is CCOC(=O)c1cnn(-c2ccc3ncccc3c2)c1CC. The number of rotatable bonds is 4. The minimum absolute atomic E-state index is 0.326. The van der Waals surface area contributed by atoms with Gasteiger partial charge in [-0.3, -0.25) is 4.98 Å². The van der Waals surface area contributed by atoms with Crippen molar-refractivity contribution in [2.24, 2.45) is 0 Å². The highest BCUT2D eigenvalue weighted by molar-refractivity contribution is 5.90. The van der Waals surface area contributed by atoms with E-state index in [2.05, 4.69) is 10.1 Å². The molecule has 0 fully saturated rings. The molecular formula is C17H17N3O2. The molecule has 0 bridgehead atoms. The summed E-state index contributed by atoms with van der Waals surface area (Å²) in [7, 11) is 0. The maximum absolute atomic E-state index is 12.0. The van der Waals surface area contributed by atoms with E-state index in [0.717, 1.165) is 22.3 Å². The second-order valence-electron chi connectivity index (χ2n) is 4.87. The third kappa shape index (κ3) is 2.45. The maximum atomic E-state index is 12.0. The number of nitrogens with zero attached hydrogens (tertiary/aromatic N) is 3. The summed E-state index contributed by atoms with van der Waals surface area (Å²) in [4.78, 5) is 16.3. The molecule has 2 heterocycles. The number of carbonyl (C=O) groups is 1. The van der Waals surface area contributed by atoms with E-state index in [1.807, 2.05) is 37.3 Å². The van der Waals surface area contributed by atoms with Crippen LogP contribution in [-0.2, 0) is 11.2 Å². The molecular weight excluding hydrogens is 278 g/mol. The van der Waals surface area contributed by atoms with Crippen LogP contribution < -0.4 is 0 Å². The molecule has 0 aliphatic carbocycles. The van der Waals surface area contributed by atoms with Gasteiger partial charge in [-0.15, -0.1) is 0 Å². The Balaban J connectivity index is 2.08. The van der Waals surface area contributed by atoms with Crippen LogP contribution in [0.4, 0.5) is 0 Å². The molecule has 0 N–H and O–H groups in total. The Kier molecular flexibility index (Phi) is 3.87. The zero-order chi connectivity index (χ0) is 15.5. The van der Waals surface area contributed by atoms with Gasteiger partial charge in [0, 0.05) is 11.6 Å². The molecule has 1 aromatic carbocycles. The van der Waals surface area contributed by atoms with Crippen LogP contribution in [0.25, 0.3) is 16.6 Å². The van der Waals surface area contributed by atoms with Crippen molar-refractivity contribution >= 4 is 16.9 Å². The van der Waals surface area contributed by atoms with Crippen molar-refractivity contribution in [3.8, 4) is 5.69 Å². The first kappa shape index (κ1) is 14.3. The maximum Gasteiger partial charge on any atom is 0.341 e. The first-order valence-electron chi connectivity index (χ1n) is 7.33. The monoisotopic (exact) mass is 295 g/mol. The summed E-state index contributed by atoms with van der Waals surface area (Å²) in [5, 5.41) is 5.40. The fourth-order valence-corrected chi connectivity index (χ4v) is 2.51. The van der Waals surface area contributed by atoms with Crippen molar-refractivity contribution in [1.82, 2.24) is 14.8 Å². The van der Waals surface area contributed by atoms with E-state index in [9.17, 15) is 4.79 Å². The first-order valence-corrected chi connectivity index (χ1v) is 7.33. The van der Waals surface area contributed by atoms with Gasteiger partial charge in [-0.25, -0.2) is 9.48 Å². The molecule has 3 rings (SSSR count). The summed E-state index contributed by atoms with van der Waals surface area (Å²) in [5.74, 6) is -0.326. The predicted molar refractivity (Wildman–Crippen MR) is 84.2 cm³/mol. The molecule has 0 saturated carbocycles. The van der Waals surface area contributed by atoms with Gasteiger partial charge in [0.15, 0.2) is 0 Å². The molecule has 2 aromatic heterocycles. The molecule has 5 heteroatoms. The molecule has 0 unspecified atom stereocenters. The zero-order valence-electron chi connectivity index (χ0n) is 12.6. The van der Waals surface area contributed by atoms with Crippen molar-refractivity contribution in [1.29, 1.82) is 0 Å². The highest BCUT2D eigenvalue weighted by Gasteiger charge is 2.18. The minimum atomic E-state index is -0.326. The Morgan fingerprint density at radius 3 is 2.91 bits per heavy atom. The number of hydrogen-bond acceptors (Lipinski definition) is 4. The van der Waals surface area contributed by atoms with Crippen molar-refractivity contribution in [2.75, 3.05) is 6.61 Å². The summed E-state index contributed by atoms with van der Waals surface area (Å²) < 4.78 is 6.88. The van der Waals surface area contributed by atoms with E-state index in [1.165, 1.54) is 0 Å². The smallest absolute Gasteiger partial charge is 0.341 e. The van der Waals surface area contributed by atoms with Gasteiger partial charge in [0.05, 0.1) is 29.7 Å². The molecule has 3 aromatic rings. The van der Waals surface area contributed by atoms with E-state index >= 15 is 0 Å². The summed E-state index contributed by atoms with van der Waals surface area (Å²) in [5.41, 5.74) is 3.22. The molecule has 0 aliphatic heterocycles. The third-order valence-electron chi connectivity index (χ3n) is 3.53. The number of hydrogen-bond donors (Lipinski definition) is 0. The predicted octanol–water partition coefficient (Wildman–Crippen LogP) is 3.16. The fourth-order valence-electron chi connectivity index (χ4n) is 2.51. The highest BCUT2D eigenvalue weighted by Crippen LogP contribution is 2.20. The van der Waals surface area contributed by atoms with Gasteiger partial charge in [0.1, 0.15) is 5.56 Å². The summed E-state index contributed by atoms with van der Waals surface area (Å²) >= 11 is 0. The topological polar surface area (TPSA) is 57.0 Å². The Bertz CT molecular complexity index is 824. The average Bonchev–Trinajstić information content (AvgIpc) is 2.98. The van der Waals surface area contributed by atoms with E-state index < -0.39 is 0 Å². The molecule has 5 nitrogen and oxygen atoms in total. The largest absolute Gasteiger partial charge is 0.462 e. The standard InChI is InChI=1S/C17H17N3O2/c1-3-16-14(17(21)22-4-2)11-19-20(16)13-7-8-15-12(10-13)6-5-9-18-15/h5-11H,3-4H2,1-2H3. The van der Waals surface area contributed by atoms with E-state index in [1.54, 1.807) is 24.0 Å². The van der Waals surface area contributed by atoms with Gasteiger partial charge in [0.2, 0.25) is 0 Å². The second-order valence-corrected chi connectivity index (χ2v) is 4.87. The van der Waals surface area contributed by atoms with E-state index in [4.69, 9.17) is 4.74 Å². The van der Waals surface area contributed by atoms with Gasteiger partial charge in [-0.05, 0) is 37.6 Å². The van der Waals surface area contributed by atoms with Crippen LogP contribution in [0.2, 0.25) is 0 Å². The number of esters is 1. The van der Waals surface area contributed by atoms with Crippen LogP contribution in [0.3, 0.4) is 0 Å². The van der Waals surface area contributed by atoms with Crippen LogP contribution in [0.1, 0.15) is 29.9 Å². The van der Waals surface area contributed by atoms with Crippen molar-refractivity contribution < 1.29 is 9.53 Å². The van der Waals surface area contributed by atoms with Gasteiger partial charge in [0.25, 0.3) is 0 Å². The Morgan fingerprint density at radius 1 is 1.27 bits per heavy atom.